The molecule has 0 aliphatic heterocycles. The van der Waals surface area contributed by atoms with E-state index in [1.807, 2.05) is 24.3 Å². The van der Waals surface area contributed by atoms with Crippen LogP contribution < -0.4 is 4.74 Å². The second-order valence-electron chi connectivity index (χ2n) is 7.38. The van der Waals surface area contributed by atoms with Crippen LogP contribution >= 0.6 is 11.3 Å². The SMILES string of the molecule is COC(=O)CCCc1ccc(OCc2cc(F)ccc2-c2nnc(C3CC3)s2)cc1. The fourth-order valence-corrected chi connectivity index (χ4v) is 4.25. The van der Waals surface area contributed by atoms with E-state index in [4.69, 9.17) is 4.74 Å². The first-order valence-corrected chi connectivity index (χ1v) is 10.8. The molecule has 0 unspecified atom stereocenters. The summed E-state index contributed by atoms with van der Waals surface area (Å²) in [5, 5.41) is 10.5. The van der Waals surface area contributed by atoms with Crippen LogP contribution in [0.25, 0.3) is 10.6 Å². The molecule has 4 rings (SSSR count). The molecule has 1 saturated carbocycles. The molecule has 0 N–H and O–H groups in total. The number of carbonyl (C=O) groups excluding carboxylic acids is 1. The maximum absolute atomic E-state index is 13.9. The molecule has 0 amide bonds. The minimum Gasteiger partial charge on any atom is -0.489 e. The van der Waals surface area contributed by atoms with E-state index < -0.39 is 0 Å². The van der Waals surface area contributed by atoms with E-state index in [9.17, 15) is 9.18 Å². The van der Waals surface area contributed by atoms with Crippen molar-refractivity contribution in [2.24, 2.45) is 0 Å². The Morgan fingerprint density at radius 1 is 1.17 bits per heavy atom. The van der Waals surface area contributed by atoms with Gasteiger partial charge in [0.25, 0.3) is 0 Å². The number of aromatic nitrogens is 2. The highest BCUT2D eigenvalue weighted by Gasteiger charge is 2.28. The van der Waals surface area contributed by atoms with Gasteiger partial charge >= 0.3 is 5.97 Å². The van der Waals surface area contributed by atoms with Gasteiger partial charge in [-0.1, -0.05) is 23.5 Å². The van der Waals surface area contributed by atoms with Crippen LogP contribution in [-0.4, -0.2) is 23.3 Å². The molecule has 156 valence electrons. The van der Waals surface area contributed by atoms with Crippen molar-refractivity contribution in [1.29, 1.82) is 0 Å². The number of methoxy groups -OCH3 is 1. The lowest BCUT2D eigenvalue weighted by molar-refractivity contribution is -0.140. The Morgan fingerprint density at radius 3 is 2.70 bits per heavy atom. The molecule has 1 aromatic heterocycles. The molecule has 5 nitrogen and oxygen atoms in total. The molecular formula is C23H23FN2O3S. The quantitative estimate of drug-likeness (QED) is 0.435. The van der Waals surface area contributed by atoms with E-state index in [-0.39, 0.29) is 18.4 Å². The molecular weight excluding hydrogens is 403 g/mol. The van der Waals surface area contributed by atoms with Crippen molar-refractivity contribution in [1.82, 2.24) is 10.2 Å². The molecule has 30 heavy (non-hydrogen) atoms. The summed E-state index contributed by atoms with van der Waals surface area (Å²) in [6.45, 7) is 0.243. The van der Waals surface area contributed by atoms with Crippen LogP contribution in [0.3, 0.4) is 0 Å². The number of aryl methyl sites for hydroxylation is 1. The third-order valence-corrected chi connectivity index (χ3v) is 6.18. The summed E-state index contributed by atoms with van der Waals surface area (Å²) in [4.78, 5) is 11.2. The van der Waals surface area contributed by atoms with E-state index in [1.54, 1.807) is 17.4 Å². The first-order valence-electron chi connectivity index (χ1n) is 10.0. The fourth-order valence-electron chi connectivity index (χ4n) is 3.18. The number of carbonyl (C=O) groups is 1. The molecule has 0 saturated heterocycles. The number of ether oxygens (including phenoxy) is 2. The third kappa shape index (κ3) is 5.21. The van der Waals surface area contributed by atoms with Crippen LogP contribution in [0.5, 0.6) is 5.75 Å². The second kappa shape index (κ2) is 9.34. The number of halogens is 1. The summed E-state index contributed by atoms with van der Waals surface area (Å²) >= 11 is 1.58. The molecule has 1 aliphatic carbocycles. The number of nitrogens with zero attached hydrogens (tertiary/aromatic N) is 2. The Morgan fingerprint density at radius 2 is 1.97 bits per heavy atom. The maximum atomic E-state index is 13.9. The number of hydrogen-bond acceptors (Lipinski definition) is 6. The Kier molecular flexibility index (Phi) is 6.38. The molecule has 3 aromatic rings. The molecule has 0 spiro atoms. The monoisotopic (exact) mass is 426 g/mol. The molecule has 0 bridgehead atoms. The van der Waals surface area contributed by atoms with Crippen molar-refractivity contribution >= 4 is 17.3 Å². The van der Waals surface area contributed by atoms with Gasteiger partial charge in [0.05, 0.1) is 7.11 Å². The van der Waals surface area contributed by atoms with E-state index >= 15 is 0 Å². The zero-order chi connectivity index (χ0) is 20.9. The average Bonchev–Trinajstić information content (AvgIpc) is 3.50. The first-order chi connectivity index (χ1) is 14.6. The predicted molar refractivity (Wildman–Crippen MR) is 113 cm³/mol. The average molecular weight is 427 g/mol. The van der Waals surface area contributed by atoms with Gasteiger partial charge in [0.15, 0.2) is 0 Å². The Balaban J connectivity index is 1.39. The minimum atomic E-state index is -0.301. The topological polar surface area (TPSA) is 61.3 Å². The lowest BCUT2D eigenvalue weighted by Gasteiger charge is -2.10. The van der Waals surface area contributed by atoms with Gasteiger partial charge in [-0.3, -0.25) is 4.79 Å². The molecule has 1 fully saturated rings. The van der Waals surface area contributed by atoms with E-state index in [0.29, 0.717) is 18.1 Å². The van der Waals surface area contributed by atoms with Crippen molar-refractivity contribution in [3.63, 3.8) is 0 Å². The Labute approximate surface area is 178 Å². The number of esters is 1. The van der Waals surface area contributed by atoms with Gasteiger partial charge in [-0.25, -0.2) is 4.39 Å². The Hall–Kier alpha value is -2.80. The number of rotatable bonds is 9. The molecule has 1 heterocycles. The molecule has 2 aromatic carbocycles. The van der Waals surface area contributed by atoms with Crippen LogP contribution in [0.2, 0.25) is 0 Å². The van der Waals surface area contributed by atoms with Gasteiger partial charge in [-0.15, -0.1) is 10.2 Å². The zero-order valence-corrected chi connectivity index (χ0v) is 17.6. The highest BCUT2D eigenvalue weighted by Crippen LogP contribution is 2.43. The van der Waals surface area contributed by atoms with Gasteiger partial charge in [-0.05, 0) is 61.6 Å². The maximum Gasteiger partial charge on any atom is 0.305 e. The zero-order valence-electron chi connectivity index (χ0n) is 16.8. The summed E-state index contributed by atoms with van der Waals surface area (Å²) in [6.07, 6.45) is 4.29. The normalized spacial score (nSPS) is 13.3. The van der Waals surface area contributed by atoms with Crippen molar-refractivity contribution in [3.8, 4) is 16.3 Å². The summed E-state index contributed by atoms with van der Waals surface area (Å²) in [5.41, 5.74) is 2.73. The van der Waals surface area contributed by atoms with Gasteiger partial charge in [0.2, 0.25) is 0 Å². The van der Waals surface area contributed by atoms with Crippen LogP contribution in [-0.2, 0) is 22.6 Å². The fraction of sp³-hybridized carbons (Fsp3) is 0.348. The van der Waals surface area contributed by atoms with Gasteiger partial charge in [-0.2, -0.15) is 0 Å². The predicted octanol–water partition coefficient (Wildman–Crippen LogP) is 5.30. The first kappa shape index (κ1) is 20.5. The summed E-state index contributed by atoms with van der Waals surface area (Å²) in [5.74, 6) is 0.756. The van der Waals surface area contributed by atoms with Crippen molar-refractivity contribution in [2.45, 2.75) is 44.6 Å². The smallest absolute Gasteiger partial charge is 0.305 e. The van der Waals surface area contributed by atoms with Crippen LogP contribution in [0.1, 0.15) is 47.7 Å². The lowest BCUT2D eigenvalue weighted by Crippen LogP contribution is -2.01. The number of benzene rings is 2. The second-order valence-corrected chi connectivity index (χ2v) is 8.39. The van der Waals surface area contributed by atoms with E-state index in [2.05, 4.69) is 14.9 Å². The minimum absolute atomic E-state index is 0.194. The molecule has 0 atom stereocenters. The largest absolute Gasteiger partial charge is 0.489 e. The summed E-state index contributed by atoms with van der Waals surface area (Å²) in [7, 11) is 1.40. The van der Waals surface area contributed by atoms with Gasteiger partial charge in [0.1, 0.15) is 28.2 Å². The highest BCUT2D eigenvalue weighted by molar-refractivity contribution is 7.14. The standard InChI is InChI=1S/C23H23FN2O3S/c1-28-21(27)4-2-3-15-5-10-19(11-6-15)29-14-17-13-18(24)9-12-20(17)23-26-25-22(30-23)16-7-8-16/h5-6,9-13,16H,2-4,7-8,14H2,1H3. The Bertz CT molecular complexity index is 1020. The summed E-state index contributed by atoms with van der Waals surface area (Å²) < 4.78 is 24.4. The van der Waals surface area contributed by atoms with Crippen LogP contribution in [0, 0.1) is 5.82 Å². The molecule has 0 radical (unpaired) electrons. The number of hydrogen-bond donors (Lipinski definition) is 0. The van der Waals surface area contributed by atoms with Crippen molar-refractivity contribution in [2.75, 3.05) is 7.11 Å². The van der Waals surface area contributed by atoms with Gasteiger partial charge in [0, 0.05) is 23.5 Å². The lowest BCUT2D eigenvalue weighted by atomic mass is 10.1. The van der Waals surface area contributed by atoms with Crippen LogP contribution in [0.4, 0.5) is 4.39 Å². The highest BCUT2D eigenvalue weighted by atomic mass is 32.1. The van der Waals surface area contributed by atoms with Crippen molar-refractivity contribution in [3.05, 3.63) is 64.4 Å². The van der Waals surface area contributed by atoms with Crippen molar-refractivity contribution < 1.29 is 18.7 Å². The van der Waals surface area contributed by atoms with Crippen LogP contribution in [0.15, 0.2) is 42.5 Å². The van der Waals surface area contributed by atoms with Gasteiger partial charge < -0.3 is 9.47 Å². The third-order valence-electron chi connectivity index (χ3n) is 5.06. The van der Waals surface area contributed by atoms with E-state index in [1.165, 1.54) is 32.1 Å². The molecule has 7 heteroatoms. The summed E-state index contributed by atoms with van der Waals surface area (Å²) in [6, 6.07) is 12.4. The van der Waals surface area contributed by atoms with E-state index in [0.717, 1.165) is 39.5 Å². The molecule has 1 aliphatic rings.